The van der Waals surface area contributed by atoms with E-state index in [9.17, 15) is 5.11 Å². The molecule has 0 aliphatic heterocycles. The van der Waals surface area contributed by atoms with Crippen molar-refractivity contribution < 1.29 is 24.1 Å². The lowest BCUT2D eigenvalue weighted by Gasteiger charge is -2.32. The molecule has 0 aliphatic rings. The lowest BCUT2D eigenvalue weighted by molar-refractivity contribution is -0.130. The van der Waals surface area contributed by atoms with Crippen molar-refractivity contribution in [2.75, 3.05) is 33.9 Å². The third-order valence-corrected chi connectivity index (χ3v) is 5.70. The van der Waals surface area contributed by atoms with Gasteiger partial charge in [-0.15, -0.1) is 0 Å². The highest BCUT2D eigenvalue weighted by Crippen LogP contribution is 2.29. The maximum Gasteiger partial charge on any atom is 0.147 e. The maximum absolute atomic E-state index is 9.25. The zero-order valence-corrected chi connectivity index (χ0v) is 19.7. The topological polar surface area (TPSA) is 57.2 Å². The molecule has 5 nitrogen and oxygen atoms in total. The van der Waals surface area contributed by atoms with Crippen LogP contribution in [0.5, 0.6) is 0 Å². The molecule has 0 fully saturated rings. The van der Waals surface area contributed by atoms with Crippen molar-refractivity contribution in [3.8, 4) is 0 Å². The zero-order valence-electron chi connectivity index (χ0n) is 19.7. The molecule has 1 N–H and O–H groups in total. The van der Waals surface area contributed by atoms with Crippen LogP contribution in [0.15, 0.2) is 30.3 Å². The highest BCUT2D eigenvalue weighted by atomic mass is 16.7. The van der Waals surface area contributed by atoms with Gasteiger partial charge in [0.1, 0.15) is 13.6 Å². The quantitative estimate of drug-likeness (QED) is 0.257. The summed E-state index contributed by atoms with van der Waals surface area (Å²) >= 11 is 0. The largest absolute Gasteiger partial charge is 0.396 e. The van der Waals surface area contributed by atoms with Crippen molar-refractivity contribution in [1.82, 2.24) is 0 Å². The minimum absolute atomic E-state index is 0.129. The van der Waals surface area contributed by atoms with Gasteiger partial charge >= 0.3 is 0 Å². The first-order chi connectivity index (χ1) is 14.5. The fourth-order valence-corrected chi connectivity index (χ4v) is 4.17. The van der Waals surface area contributed by atoms with Crippen LogP contribution in [-0.4, -0.2) is 45.1 Å². The predicted octanol–water partition coefficient (Wildman–Crippen LogP) is 5.26. The Kier molecular flexibility index (Phi) is 15.0. The SMILES string of the molecule is COCOCC[C@@H](C)C[C@H](C)[C@H](OCOCc1ccccc1)[C@H](C)C[C@H](C)CCO. The molecule has 0 radical (unpaired) electrons. The molecule has 30 heavy (non-hydrogen) atoms. The van der Waals surface area contributed by atoms with Gasteiger partial charge in [0.05, 0.1) is 12.7 Å². The Bertz CT molecular complexity index is 510. The van der Waals surface area contributed by atoms with Crippen LogP contribution in [0.4, 0.5) is 0 Å². The van der Waals surface area contributed by atoms with Crippen LogP contribution in [0.2, 0.25) is 0 Å². The average Bonchev–Trinajstić information content (AvgIpc) is 2.71. The predicted molar refractivity (Wildman–Crippen MR) is 121 cm³/mol. The number of aliphatic hydroxyl groups is 1. The van der Waals surface area contributed by atoms with E-state index >= 15 is 0 Å². The Morgan fingerprint density at radius 2 is 1.47 bits per heavy atom. The van der Waals surface area contributed by atoms with Gasteiger partial charge in [0.2, 0.25) is 0 Å². The molecule has 0 heterocycles. The second kappa shape index (κ2) is 16.7. The summed E-state index contributed by atoms with van der Waals surface area (Å²) in [7, 11) is 1.65. The summed E-state index contributed by atoms with van der Waals surface area (Å²) in [6, 6.07) is 10.2. The van der Waals surface area contributed by atoms with Gasteiger partial charge in [-0.25, -0.2) is 0 Å². The van der Waals surface area contributed by atoms with Gasteiger partial charge in [-0.05, 0) is 54.9 Å². The second-order valence-electron chi connectivity index (χ2n) is 8.84. The van der Waals surface area contributed by atoms with Crippen molar-refractivity contribution in [2.45, 2.75) is 66.1 Å². The van der Waals surface area contributed by atoms with Crippen molar-refractivity contribution in [2.24, 2.45) is 23.7 Å². The van der Waals surface area contributed by atoms with Gasteiger partial charge in [-0.2, -0.15) is 0 Å². The normalized spacial score (nSPS) is 16.7. The maximum atomic E-state index is 9.25. The first kappa shape index (κ1) is 27.1. The Balaban J connectivity index is 2.54. The standard InChI is InChI=1S/C25H44O5/c1-20(11-13-26)15-22(3)25(23(4)16-21(2)12-14-28-18-27-5)30-19-29-17-24-9-7-6-8-10-24/h6-10,20-23,25-26H,11-19H2,1-5H3/t20-,21-,22-,23+,25-/m1/s1. The minimum atomic E-state index is 0.129. The Morgan fingerprint density at radius 1 is 0.833 bits per heavy atom. The lowest BCUT2D eigenvalue weighted by atomic mass is 9.82. The van der Waals surface area contributed by atoms with Gasteiger partial charge in [0.15, 0.2) is 0 Å². The number of benzene rings is 1. The first-order valence-corrected chi connectivity index (χ1v) is 11.4. The molecule has 5 atom stereocenters. The summed E-state index contributed by atoms with van der Waals surface area (Å²) in [5.41, 5.74) is 1.15. The molecule has 0 unspecified atom stereocenters. The van der Waals surface area contributed by atoms with Crippen LogP contribution in [-0.2, 0) is 25.6 Å². The zero-order chi connectivity index (χ0) is 22.2. The number of rotatable bonds is 18. The van der Waals surface area contributed by atoms with E-state index in [1.807, 2.05) is 18.2 Å². The minimum Gasteiger partial charge on any atom is -0.396 e. The smallest absolute Gasteiger partial charge is 0.147 e. The van der Waals surface area contributed by atoms with E-state index in [4.69, 9.17) is 18.9 Å². The molecule has 0 bridgehead atoms. The third-order valence-electron chi connectivity index (χ3n) is 5.70. The molecule has 0 amide bonds. The van der Waals surface area contributed by atoms with E-state index in [0.29, 0.717) is 43.9 Å². The second-order valence-corrected chi connectivity index (χ2v) is 8.84. The van der Waals surface area contributed by atoms with E-state index in [-0.39, 0.29) is 12.7 Å². The first-order valence-electron chi connectivity index (χ1n) is 11.4. The highest BCUT2D eigenvalue weighted by Gasteiger charge is 2.27. The Labute approximate surface area is 184 Å². The van der Waals surface area contributed by atoms with Crippen LogP contribution < -0.4 is 0 Å². The molecule has 174 valence electrons. The molecule has 0 aromatic heterocycles. The fraction of sp³-hybridized carbons (Fsp3) is 0.760. The van der Waals surface area contributed by atoms with Crippen molar-refractivity contribution in [1.29, 1.82) is 0 Å². The van der Waals surface area contributed by atoms with Gasteiger partial charge in [0.25, 0.3) is 0 Å². The van der Waals surface area contributed by atoms with Crippen LogP contribution in [0.1, 0.15) is 58.9 Å². The molecule has 1 aromatic carbocycles. The van der Waals surface area contributed by atoms with Crippen molar-refractivity contribution >= 4 is 0 Å². The van der Waals surface area contributed by atoms with Gasteiger partial charge < -0.3 is 24.1 Å². The fourth-order valence-electron chi connectivity index (χ4n) is 4.17. The highest BCUT2D eigenvalue weighted by molar-refractivity contribution is 5.13. The monoisotopic (exact) mass is 424 g/mol. The number of hydrogen-bond acceptors (Lipinski definition) is 5. The molecule has 0 aliphatic carbocycles. The summed E-state index contributed by atoms with van der Waals surface area (Å²) in [5, 5.41) is 9.25. The Hall–Kier alpha value is -0.980. The molecule has 1 aromatic rings. The molecular weight excluding hydrogens is 380 g/mol. The molecular formula is C25H44O5. The van der Waals surface area contributed by atoms with Crippen molar-refractivity contribution in [3.63, 3.8) is 0 Å². The molecule has 1 rings (SSSR count). The number of methoxy groups -OCH3 is 1. The lowest BCUT2D eigenvalue weighted by Crippen LogP contribution is -2.32. The van der Waals surface area contributed by atoms with Crippen LogP contribution >= 0.6 is 0 Å². The average molecular weight is 425 g/mol. The van der Waals surface area contributed by atoms with E-state index in [1.54, 1.807) is 7.11 Å². The van der Waals surface area contributed by atoms with Crippen LogP contribution in [0, 0.1) is 23.7 Å². The molecule has 5 heteroatoms. The summed E-state index contributed by atoms with van der Waals surface area (Å²) in [6.45, 7) is 11.2. The number of hydrogen-bond donors (Lipinski definition) is 1. The summed E-state index contributed by atoms with van der Waals surface area (Å²) < 4.78 is 22.5. The van der Waals surface area contributed by atoms with E-state index in [2.05, 4.69) is 39.8 Å². The summed E-state index contributed by atoms with van der Waals surface area (Å²) in [4.78, 5) is 0. The van der Waals surface area contributed by atoms with Gasteiger partial charge in [0, 0.05) is 20.3 Å². The van der Waals surface area contributed by atoms with E-state index in [0.717, 1.165) is 37.9 Å². The third kappa shape index (κ3) is 12.0. The van der Waals surface area contributed by atoms with Gasteiger partial charge in [-0.3, -0.25) is 0 Å². The summed E-state index contributed by atoms with van der Waals surface area (Å²) in [6.07, 6.45) is 4.10. The number of ether oxygens (including phenoxy) is 4. The molecule has 0 saturated heterocycles. The van der Waals surface area contributed by atoms with Crippen LogP contribution in [0.25, 0.3) is 0 Å². The number of aliphatic hydroxyl groups excluding tert-OH is 1. The molecule has 0 saturated carbocycles. The van der Waals surface area contributed by atoms with E-state index < -0.39 is 0 Å². The Morgan fingerprint density at radius 3 is 2.07 bits per heavy atom. The van der Waals surface area contributed by atoms with Gasteiger partial charge in [-0.1, -0.05) is 58.0 Å². The van der Waals surface area contributed by atoms with Crippen molar-refractivity contribution in [3.05, 3.63) is 35.9 Å². The van der Waals surface area contributed by atoms with Crippen LogP contribution in [0.3, 0.4) is 0 Å². The molecule has 0 spiro atoms. The van der Waals surface area contributed by atoms with E-state index in [1.165, 1.54) is 0 Å². The summed E-state index contributed by atoms with van der Waals surface area (Å²) in [5.74, 6) is 1.85.